The molecule has 30 heavy (non-hydrogen) atoms. The van der Waals surface area contributed by atoms with Crippen LogP contribution in [0.5, 0.6) is 0 Å². The van der Waals surface area contributed by atoms with Gasteiger partial charge in [-0.25, -0.2) is 9.67 Å². The van der Waals surface area contributed by atoms with Gasteiger partial charge < -0.3 is 4.57 Å². The highest BCUT2D eigenvalue weighted by atomic mass is 32.2. The summed E-state index contributed by atoms with van der Waals surface area (Å²) in [6, 6.07) is 17.4. The Labute approximate surface area is 189 Å². The average Bonchev–Trinajstić information content (AvgIpc) is 3.44. The van der Waals surface area contributed by atoms with Gasteiger partial charge in [0.1, 0.15) is 5.82 Å². The zero-order valence-corrected chi connectivity index (χ0v) is 19.4. The molecule has 2 heterocycles. The largest absolute Gasteiger partial charge is 0.306 e. The van der Waals surface area contributed by atoms with E-state index in [4.69, 9.17) is 22.3 Å². The molecular formula is C22H23N5S3. The zero-order valence-electron chi connectivity index (χ0n) is 17.0. The second kappa shape index (κ2) is 8.26. The molecule has 5 nitrogen and oxygen atoms in total. The van der Waals surface area contributed by atoms with Crippen molar-refractivity contribution in [3.05, 3.63) is 70.3 Å². The molecule has 0 fully saturated rings. The van der Waals surface area contributed by atoms with Gasteiger partial charge in [0.15, 0.2) is 9.11 Å². The van der Waals surface area contributed by atoms with E-state index in [2.05, 4.69) is 54.4 Å². The number of hydrogen-bond donors (Lipinski definition) is 0. The molecule has 4 aromatic rings. The maximum atomic E-state index is 5.68. The van der Waals surface area contributed by atoms with Crippen LogP contribution in [-0.4, -0.2) is 31.3 Å². The fraction of sp³-hybridized carbons (Fsp3) is 0.318. The van der Waals surface area contributed by atoms with Crippen molar-refractivity contribution in [2.45, 2.75) is 35.6 Å². The van der Waals surface area contributed by atoms with E-state index in [1.54, 1.807) is 23.1 Å². The van der Waals surface area contributed by atoms with Crippen LogP contribution < -0.4 is 0 Å². The molecule has 1 atom stereocenters. The summed E-state index contributed by atoms with van der Waals surface area (Å²) in [4.78, 5) is 7.07. The lowest BCUT2D eigenvalue weighted by Crippen LogP contribution is -2.26. The van der Waals surface area contributed by atoms with E-state index in [1.165, 1.54) is 15.8 Å². The number of thioether (sulfide) groups is 1. The summed E-state index contributed by atoms with van der Waals surface area (Å²) in [6.45, 7) is 0.692. The maximum absolute atomic E-state index is 5.68. The molecule has 0 bridgehead atoms. The number of hydrogen-bond acceptors (Lipinski definition) is 6. The Hall–Kier alpha value is -2.00. The number of aromatic nitrogens is 4. The summed E-state index contributed by atoms with van der Waals surface area (Å²) < 4.78 is 7.01. The normalized spacial score (nSPS) is 15.9. The van der Waals surface area contributed by atoms with Gasteiger partial charge in [0.2, 0.25) is 0 Å². The lowest BCUT2D eigenvalue weighted by atomic mass is 10.1. The first-order chi connectivity index (χ1) is 14.6. The van der Waals surface area contributed by atoms with Gasteiger partial charge in [-0.05, 0) is 55.4 Å². The summed E-state index contributed by atoms with van der Waals surface area (Å²) in [5.41, 5.74) is 3.96. The van der Waals surface area contributed by atoms with Crippen LogP contribution in [0.3, 0.4) is 0 Å². The number of rotatable bonds is 6. The quantitative estimate of drug-likeness (QED) is 0.287. The highest BCUT2D eigenvalue weighted by Crippen LogP contribution is 2.35. The Kier molecular flexibility index (Phi) is 5.49. The van der Waals surface area contributed by atoms with Gasteiger partial charge in [-0.2, -0.15) is 5.10 Å². The minimum atomic E-state index is 0.422. The third-order valence-corrected chi connectivity index (χ3v) is 8.38. The Bertz CT molecular complexity index is 1220. The predicted molar refractivity (Wildman–Crippen MR) is 126 cm³/mol. The summed E-state index contributed by atoms with van der Waals surface area (Å²) >= 11 is 9.13. The molecule has 0 saturated heterocycles. The van der Waals surface area contributed by atoms with Crippen molar-refractivity contribution >= 4 is 45.5 Å². The molecule has 0 unspecified atom stereocenters. The zero-order chi connectivity index (χ0) is 20.7. The monoisotopic (exact) mass is 453 g/mol. The van der Waals surface area contributed by atoms with Crippen LogP contribution in [0.4, 0.5) is 0 Å². The maximum Gasteiger partial charge on any atom is 0.198 e. The van der Waals surface area contributed by atoms with Crippen molar-refractivity contribution in [1.82, 2.24) is 24.2 Å². The lowest BCUT2D eigenvalue weighted by molar-refractivity contribution is 0.181. The molecular weight excluding hydrogens is 430 g/mol. The fourth-order valence-corrected chi connectivity index (χ4v) is 6.34. The van der Waals surface area contributed by atoms with Crippen LogP contribution in [0.2, 0.25) is 0 Å². The summed E-state index contributed by atoms with van der Waals surface area (Å²) in [5, 5.41) is 4.84. The van der Waals surface area contributed by atoms with Gasteiger partial charge in [-0.3, -0.25) is 4.90 Å². The molecule has 0 aliphatic heterocycles. The highest BCUT2D eigenvalue weighted by molar-refractivity contribution is 8.00. The number of para-hydroxylation sites is 1. The molecule has 0 radical (unpaired) electrons. The molecule has 8 heteroatoms. The Balaban J connectivity index is 1.30. The van der Waals surface area contributed by atoms with Gasteiger partial charge in [-0.1, -0.05) is 48.2 Å². The first kappa shape index (κ1) is 19.9. The SMILES string of the molecule is CN(Cn1nc(CSc2nc3ccccc3s2)n(C)c1=S)[C@H]1CCc2ccccc21. The number of fused-ring (bicyclic) bond motifs is 2. The lowest BCUT2D eigenvalue weighted by Gasteiger charge is -2.24. The third-order valence-electron chi connectivity index (χ3n) is 5.72. The summed E-state index contributed by atoms with van der Waals surface area (Å²) in [6.07, 6.45) is 2.29. The van der Waals surface area contributed by atoms with Crippen molar-refractivity contribution in [2.24, 2.45) is 7.05 Å². The molecule has 2 aromatic carbocycles. The molecule has 0 amide bonds. The first-order valence-electron chi connectivity index (χ1n) is 9.99. The average molecular weight is 454 g/mol. The Morgan fingerprint density at radius 1 is 1.20 bits per heavy atom. The van der Waals surface area contributed by atoms with Gasteiger partial charge in [-0.15, -0.1) is 11.3 Å². The molecule has 1 aliphatic rings. The number of nitrogens with zero attached hydrogens (tertiary/aromatic N) is 5. The first-order valence-corrected chi connectivity index (χ1v) is 12.2. The minimum absolute atomic E-state index is 0.422. The molecule has 0 spiro atoms. The van der Waals surface area contributed by atoms with E-state index in [9.17, 15) is 0 Å². The molecule has 5 rings (SSSR count). The van der Waals surface area contributed by atoms with E-state index in [0.717, 1.165) is 39.0 Å². The number of thiazole rings is 1. The molecule has 154 valence electrons. The van der Waals surface area contributed by atoms with Gasteiger partial charge in [0.25, 0.3) is 0 Å². The van der Waals surface area contributed by atoms with Crippen LogP contribution >= 0.6 is 35.3 Å². The van der Waals surface area contributed by atoms with E-state index in [0.29, 0.717) is 12.7 Å². The van der Waals surface area contributed by atoms with Gasteiger partial charge in [0, 0.05) is 13.1 Å². The van der Waals surface area contributed by atoms with Crippen LogP contribution in [0, 0.1) is 4.77 Å². The summed E-state index contributed by atoms with van der Waals surface area (Å²) in [7, 11) is 4.17. The Morgan fingerprint density at radius 2 is 2.00 bits per heavy atom. The number of benzene rings is 2. The molecule has 0 N–H and O–H groups in total. The van der Waals surface area contributed by atoms with E-state index < -0.39 is 0 Å². The van der Waals surface area contributed by atoms with Crippen molar-refractivity contribution in [3.63, 3.8) is 0 Å². The fourth-order valence-electron chi connectivity index (χ4n) is 4.09. The van der Waals surface area contributed by atoms with Crippen molar-refractivity contribution in [1.29, 1.82) is 0 Å². The van der Waals surface area contributed by atoms with E-state index in [-0.39, 0.29) is 0 Å². The van der Waals surface area contributed by atoms with Crippen LogP contribution in [0.15, 0.2) is 52.9 Å². The second-order valence-corrected chi connectivity index (χ2v) is 10.3. The smallest absolute Gasteiger partial charge is 0.198 e. The van der Waals surface area contributed by atoms with Crippen LogP contribution in [0.1, 0.15) is 29.4 Å². The van der Waals surface area contributed by atoms with E-state index >= 15 is 0 Å². The predicted octanol–water partition coefficient (Wildman–Crippen LogP) is 5.43. The second-order valence-electron chi connectivity index (χ2n) is 7.65. The molecule has 0 saturated carbocycles. The molecule has 1 aliphatic carbocycles. The van der Waals surface area contributed by atoms with Crippen LogP contribution in [-0.2, 0) is 25.9 Å². The van der Waals surface area contributed by atoms with Crippen molar-refractivity contribution < 1.29 is 0 Å². The molecule has 2 aromatic heterocycles. The minimum Gasteiger partial charge on any atom is -0.306 e. The van der Waals surface area contributed by atoms with E-state index in [1.807, 2.05) is 22.4 Å². The topological polar surface area (TPSA) is 38.9 Å². The standard InChI is InChI=1S/C22H23N5S3/c1-25(18-12-11-15-7-3-4-8-16(15)18)14-27-22(28)26(2)20(24-27)13-29-21-23-17-9-5-6-10-19(17)30-21/h3-10,18H,11-14H2,1-2H3/t18-/m0/s1. The van der Waals surface area contributed by atoms with Gasteiger partial charge in [0.05, 0.1) is 22.6 Å². The third kappa shape index (κ3) is 3.73. The Morgan fingerprint density at radius 3 is 2.87 bits per heavy atom. The van der Waals surface area contributed by atoms with Crippen molar-refractivity contribution in [3.8, 4) is 0 Å². The van der Waals surface area contributed by atoms with Crippen LogP contribution in [0.25, 0.3) is 10.2 Å². The van der Waals surface area contributed by atoms with Crippen molar-refractivity contribution in [2.75, 3.05) is 7.05 Å². The number of aryl methyl sites for hydroxylation is 1. The highest BCUT2D eigenvalue weighted by Gasteiger charge is 2.26. The summed E-state index contributed by atoms with van der Waals surface area (Å²) in [5.74, 6) is 1.73. The van der Waals surface area contributed by atoms with Gasteiger partial charge >= 0.3 is 0 Å².